The lowest BCUT2D eigenvalue weighted by Crippen LogP contribution is -2.12. The number of H-pyrrole nitrogens is 1. The van der Waals surface area contributed by atoms with E-state index in [1.807, 2.05) is 0 Å². The van der Waals surface area contributed by atoms with Gasteiger partial charge in [0, 0.05) is 17.4 Å². The molecule has 3 rings (SSSR count). The minimum Gasteiger partial charge on any atom is -0.345 e. The molecule has 0 atom stereocenters. The lowest BCUT2D eigenvalue weighted by atomic mass is 10.1. The number of benzene rings is 1. The number of aromatic amines is 1. The third-order valence-corrected chi connectivity index (χ3v) is 5.07. The van der Waals surface area contributed by atoms with E-state index in [9.17, 15) is 14.9 Å². The van der Waals surface area contributed by atoms with Crippen molar-refractivity contribution in [2.45, 2.75) is 32.6 Å². The topological polar surface area (TPSA) is 114 Å². The van der Waals surface area contributed by atoms with Crippen LogP contribution >= 0.6 is 11.3 Å². The maximum atomic E-state index is 12.4. The van der Waals surface area contributed by atoms with Crippen LogP contribution in [0.25, 0.3) is 10.9 Å². The van der Waals surface area contributed by atoms with Crippen LogP contribution in [0.15, 0.2) is 24.3 Å². The number of hydrogen-bond acceptors (Lipinski definition) is 6. The van der Waals surface area contributed by atoms with Crippen molar-refractivity contribution < 1.29 is 9.72 Å². The number of nitro benzene ring substituents is 1. The van der Waals surface area contributed by atoms with Gasteiger partial charge in [0.1, 0.15) is 16.2 Å². The molecule has 0 spiro atoms. The zero-order valence-corrected chi connectivity index (χ0v) is 14.6. The first-order valence-corrected chi connectivity index (χ1v) is 8.76. The molecule has 0 aliphatic carbocycles. The van der Waals surface area contributed by atoms with Crippen LogP contribution in [0.1, 0.15) is 48.1 Å². The Kier molecular flexibility index (Phi) is 4.75. The van der Waals surface area contributed by atoms with Gasteiger partial charge in [-0.1, -0.05) is 37.3 Å². The average molecular weight is 359 g/mol. The quantitative estimate of drug-likeness (QED) is 0.508. The summed E-state index contributed by atoms with van der Waals surface area (Å²) in [4.78, 5) is 25.8. The molecule has 0 aliphatic rings. The Morgan fingerprint density at radius 3 is 2.80 bits per heavy atom. The molecular weight excluding hydrogens is 342 g/mol. The van der Waals surface area contributed by atoms with E-state index in [1.165, 1.54) is 17.4 Å². The molecule has 130 valence electrons. The van der Waals surface area contributed by atoms with E-state index >= 15 is 0 Å². The molecule has 0 bridgehead atoms. The molecule has 1 amide bonds. The van der Waals surface area contributed by atoms with E-state index in [0.29, 0.717) is 22.0 Å². The van der Waals surface area contributed by atoms with E-state index in [4.69, 9.17) is 0 Å². The van der Waals surface area contributed by atoms with Crippen molar-refractivity contribution in [3.05, 3.63) is 45.1 Å². The van der Waals surface area contributed by atoms with Crippen LogP contribution in [0.4, 0.5) is 10.8 Å². The molecule has 2 heterocycles. The van der Waals surface area contributed by atoms with Gasteiger partial charge in [0.05, 0.1) is 4.92 Å². The lowest BCUT2D eigenvalue weighted by Gasteiger charge is -2.05. The molecule has 0 fully saturated rings. The zero-order valence-electron chi connectivity index (χ0n) is 13.8. The smallest absolute Gasteiger partial charge is 0.293 e. The summed E-state index contributed by atoms with van der Waals surface area (Å²) in [5.41, 5.74) is 0.500. The van der Waals surface area contributed by atoms with E-state index in [0.717, 1.165) is 17.8 Å². The van der Waals surface area contributed by atoms with Crippen LogP contribution in [-0.2, 0) is 0 Å². The second-order valence-corrected chi connectivity index (χ2v) is 6.60. The molecule has 8 nitrogen and oxygen atoms in total. The fraction of sp³-hybridized carbons (Fsp3) is 0.312. The average Bonchev–Trinajstić information content (AvgIpc) is 3.22. The number of para-hydroxylation sites is 1. The zero-order chi connectivity index (χ0) is 18.0. The molecule has 0 saturated carbocycles. The number of non-ortho nitro benzene ring substituents is 1. The first kappa shape index (κ1) is 17.0. The number of rotatable bonds is 6. The molecule has 0 unspecified atom stereocenters. The summed E-state index contributed by atoms with van der Waals surface area (Å²) in [6.45, 7) is 4.18. The highest BCUT2D eigenvalue weighted by atomic mass is 32.1. The third kappa shape index (κ3) is 3.36. The standard InChI is InChI=1S/C16H17N5O3S/c1-3-9(4-2)15-19-20-16(25-15)18-14(22)11-8-10-6-5-7-12(21(23)24)13(10)17-11/h5-9,17H,3-4H2,1-2H3,(H,18,20,22). The predicted octanol–water partition coefficient (Wildman–Crippen LogP) is 4.08. The summed E-state index contributed by atoms with van der Waals surface area (Å²) >= 11 is 1.35. The van der Waals surface area contributed by atoms with E-state index in [-0.39, 0.29) is 11.4 Å². The maximum Gasteiger partial charge on any atom is 0.293 e. The van der Waals surface area contributed by atoms with Crippen LogP contribution in [0.5, 0.6) is 0 Å². The predicted molar refractivity (Wildman–Crippen MR) is 96.1 cm³/mol. The highest BCUT2D eigenvalue weighted by Gasteiger charge is 2.19. The number of nitrogens with one attached hydrogen (secondary N) is 2. The summed E-state index contributed by atoms with van der Waals surface area (Å²) in [5.74, 6) is -0.0726. The number of hydrogen-bond donors (Lipinski definition) is 2. The molecule has 0 radical (unpaired) electrons. The lowest BCUT2D eigenvalue weighted by molar-refractivity contribution is -0.383. The third-order valence-electron chi connectivity index (χ3n) is 4.07. The van der Waals surface area contributed by atoms with Crippen LogP contribution in [-0.4, -0.2) is 26.0 Å². The molecule has 25 heavy (non-hydrogen) atoms. The Hall–Kier alpha value is -2.81. The first-order chi connectivity index (χ1) is 12.0. The molecule has 2 N–H and O–H groups in total. The fourth-order valence-electron chi connectivity index (χ4n) is 2.67. The summed E-state index contributed by atoms with van der Waals surface area (Å²) in [6, 6.07) is 6.28. The number of anilines is 1. The van der Waals surface area contributed by atoms with Gasteiger partial charge >= 0.3 is 0 Å². The summed E-state index contributed by atoms with van der Waals surface area (Å²) < 4.78 is 0. The molecule has 0 aliphatic heterocycles. The number of carbonyl (C=O) groups is 1. The molecule has 1 aromatic carbocycles. The van der Waals surface area contributed by atoms with Gasteiger partial charge in [0.15, 0.2) is 0 Å². The van der Waals surface area contributed by atoms with Crippen molar-refractivity contribution in [3.63, 3.8) is 0 Å². The van der Waals surface area contributed by atoms with Crippen molar-refractivity contribution in [2.24, 2.45) is 0 Å². The van der Waals surface area contributed by atoms with Gasteiger partial charge in [0.25, 0.3) is 11.6 Å². The minimum absolute atomic E-state index is 0.0662. The maximum absolute atomic E-state index is 12.4. The van der Waals surface area contributed by atoms with Crippen molar-refractivity contribution in [2.75, 3.05) is 5.32 Å². The fourth-order valence-corrected chi connectivity index (χ4v) is 3.67. The van der Waals surface area contributed by atoms with Gasteiger partial charge in [0.2, 0.25) is 5.13 Å². The first-order valence-electron chi connectivity index (χ1n) is 7.94. The number of nitrogens with zero attached hydrogens (tertiary/aromatic N) is 3. The van der Waals surface area contributed by atoms with Crippen LogP contribution in [0, 0.1) is 10.1 Å². The van der Waals surface area contributed by atoms with Gasteiger partial charge in [-0.05, 0) is 18.9 Å². The van der Waals surface area contributed by atoms with Crippen LogP contribution < -0.4 is 5.32 Å². The second-order valence-electron chi connectivity index (χ2n) is 5.59. The number of carbonyl (C=O) groups excluding carboxylic acids is 1. The van der Waals surface area contributed by atoms with Gasteiger partial charge < -0.3 is 4.98 Å². The van der Waals surface area contributed by atoms with Gasteiger partial charge in [-0.25, -0.2) is 0 Å². The Morgan fingerprint density at radius 1 is 1.36 bits per heavy atom. The van der Waals surface area contributed by atoms with Gasteiger partial charge in [-0.3, -0.25) is 20.2 Å². The van der Waals surface area contributed by atoms with Gasteiger partial charge in [-0.15, -0.1) is 10.2 Å². The molecule has 3 aromatic rings. The van der Waals surface area contributed by atoms with Crippen molar-refractivity contribution >= 4 is 39.0 Å². The molecule has 2 aromatic heterocycles. The molecular formula is C16H17N5O3S. The highest BCUT2D eigenvalue weighted by Crippen LogP contribution is 2.29. The normalized spacial score (nSPS) is 11.2. The van der Waals surface area contributed by atoms with E-state index < -0.39 is 10.8 Å². The summed E-state index contributed by atoms with van der Waals surface area (Å²) in [5, 5.41) is 23.8. The van der Waals surface area contributed by atoms with E-state index in [1.54, 1.807) is 18.2 Å². The Morgan fingerprint density at radius 2 is 2.12 bits per heavy atom. The van der Waals surface area contributed by atoms with Crippen molar-refractivity contribution in [1.82, 2.24) is 15.2 Å². The monoisotopic (exact) mass is 359 g/mol. The van der Waals surface area contributed by atoms with Crippen LogP contribution in [0.3, 0.4) is 0 Å². The number of nitro groups is 1. The Bertz CT molecular complexity index is 929. The Balaban J connectivity index is 1.83. The van der Waals surface area contributed by atoms with Crippen molar-refractivity contribution in [1.29, 1.82) is 0 Å². The minimum atomic E-state index is -0.479. The largest absolute Gasteiger partial charge is 0.345 e. The summed E-state index contributed by atoms with van der Waals surface area (Å²) in [6.07, 6.45) is 1.93. The highest BCUT2D eigenvalue weighted by molar-refractivity contribution is 7.15. The number of aromatic nitrogens is 3. The van der Waals surface area contributed by atoms with Crippen LogP contribution in [0.2, 0.25) is 0 Å². The second kappa shape index (κ2) is 6.98. The SMILES string of the molecule is CCC(CC)c1nnc(NC(=O)c2cc3cccc([N+](=O)[O-])c3[nH]2)s1. The van der Waals surface area contributed by atoms with Gasteiger partial charge in [-0.2, -0.15) is 0 Å². The summed E-state index contributed by atoms with van der Waals surface area (Å²) in [7, 11) is 0. The Labute approximate surface area is 147 Å². The van der Waals surface area contributed by atoms with E-state index in [2.05, 4.69) is 34.3 Å². The number of amides is 1. The molecule has 0 saturated heterocycles. The number of fused-ring (bicyclic) bond motifs is 1. The molecule has 9 heteroatoms. The van der Waals surface area contributed by atoms with Crippen molar-refractivity contribution in [3.8, 4) is 0 Å².